The third-order valence-electron chi connectivity index (χ3n) is 7.94. The number of carboxylic acids is 1. The van der Waals surface area contributed by atoms with Gasteiger partial charge in [0.2, 0.25) is 11.8 Å². The summed E-state index contributed by atoms with van der Waals surface area (Å²) in [5, 5.41) is 15.0. The molecular formula is C29H22ClN3O6. The van der Waals surface area contributed by atoms with Crippen molar-refractivity contribution in [1.82, 2.24) is 15.2 Å². The molecule has 4 heterocycles. The smallest absolute Gasteiger partial charge is 0.325 e. The molecule has 0 aliphatic carbocycles. The first-order valence-electron chi connectivity index (χ1n) is 12.2. The highest BCUT2D eigenvalue weighted by molar-refractivity contribution is 6.32. The standard InChI is InChI=1S/C29H22ClN3O6/c1-3-8-33-26(35)22-23(27(33)36)29(28(37)38,11-15-12-31-20-7-5-4-6-16(15)20)32-24(22)18-13-39-21-9-14(2)19(30)10-17(21)25(18)34/h1,4-7,9-10,12-13,22-24,31-32H,8,11H2,2H3,(H,37,38). The van der Waals surface area contributed by atoms with E-state index in [0.717, 1.165) is 15.8 Å². The number of terminal acetylenes is 1. The number of hydrogen-bond acceptors (Lipinski definition) is 6. The van der Waals surface area contributed by atoms with Gasteiger partial charge in [-0.1, -0.05) is 35.7 Å². The summed E-state index contributed by atoms with van der Waals surface area (Å²) in [6.07, 6.45) is 8.21. The summed E-state index contributed by atoms with van der Waals surface area (Å²) in [6.45, 7) is 1.47. The Morgan fingerprint density at radius 1 is 1.21 bits per heavy atom. The molecule has 0 spiro atoms. The molecule has 0 saturated carbocycles. The molecule has 6 rings (SSSR count). The zero-order valence-electron chi connectivity index (χ0n) is 20.7. The predicted molar refractivity (Wildman–Crippen MR) is 143 cm³/mol. The Kier molecular flexibility index (Phi) is 5.64. The monoisotopic (exact) mass is 543 g/mol. The number of H-pyrrole nitrogens is 1. The van der Waals surface area contributed by atoms with Crippen LogP contribution in [0.2, 0.25) is 5.02 Å². The van der Waals surface area contributed by atoms with Gasteiger partial charge in [-0.2, -0.15) is 0 Å². The van der Waals surface area contributed by atoms with Crippen molar-refractivity contribution in [3.05, 3.63) is 80.8 Å². The zero-order valence-corrected chi connectivity index (χ0v) is 21.4. The van der Waals surface area contributed by atoms with Crippen LogP contribution in [0.25, 0.3) is 21.9 Å². The van der Waals surface area contributed by atoms with Gasteiger partial charge in [-0.15, -0.1) is 6.42 Å². The van der Waals surface area contributed by atoms with Gasteiger partial charge < -0.3 is 14.5 Å². The molecule has 2 amide bonds. The predicted octanol–water partition coefficient (Wildman–Crippen LogP) is 3.18. The molecule has 0 radical (unpaired) electrons. The van der Waals surface area contributed by atoms with Crippen molar-refractivity contribution in [3.8, 4) is 12.3 Å². The highest BCUT2D eigenvalue weighted by atomic mass is 35.5. The van der Waals surface area contributed by atoms with Crippen LogP contribution < -0.4 is 10.7 Å². The second-order valence-electron chi connectivity index (χ2n) is 10.0. The number of benzene rings is 2. The second-order valence-corrected chi connectivity index (χ2v) is 10.4. The number of fused-ring (bicyclic) bond motifs is 3. The summed E-state index contributed by atoms with van der Waals surface area (Å²) in [5.41, 5.74) is 0.0903. The normalized spacial score (nSPS) is 24.4. The number of para-hydroxylation sites is 1. The second kappa shape index (κ2) is 8.83. The zero-order chi connectivity index (χ0) is 27.6. The number of aromatic nitrogens is 1. The Morgan fingerprint density at radius 2 is 1.97 bits per heavy atom. The van der Waals surface area contributed by atoms with Crippen molar-refractivity contribution in [1.29, 1.82) is 0 Å². The molecule has 3 N–H and O–H groups in total. The van der Waals surface area contributed by atoms with Crippen LogP contribution in [-0.2, 0) is 20.8 Å². The summed E-state index contributed by atoms with van der Waals surface area (Å²) in [6, 6.07) is 9.35. The van der Waals surface area contributed by atoms with E-state index in [1.807, 2.05) is 24.3 Å². The summed E-state index contributed by atoms with van der Waals surface area (Å²) in [4.78, 5) is 58.0. The first-order valence-corrected chi connectivity index (χ1v) is 12.6. The maximum Gasteiger partial charge on any atom is 0.325 e. The molecule has 2 aliphatic rings. The average molecular weight is 544 g/mol. The van der Waals surface area contributed by atoms with E-state index in [4.69, 9.17) is 22.4 Å². The van der Waals surface area contributed by atoms with Crippen molar-refractivity contribution in [2.45, 2.75) is 24.9 Å². The molecule has 39 heavy (non-hydrogen) atoms. The molecular weight excluding hydrogens is 522 g/mol. The number of hydrogen-bond donors (Lipinski definition) is 3. The molecule has 2 fully saturated rings. The number of aliphatic carboxylic acids is 1. The molecule has 4 aromatic rings. The van der Waals surface area contributed by atoms with Crippen LogP contribution in [-0.4, -0.2) is 44.9 Å². The first kappa shape index (κ1) is 24.9. The molecule has 2 aromatic heterocycles. The van der Waals surface area contributed by atoms with Crippen molar-refractivity contribution in [3.63, 3.8) is 0 Å². The maximum atomic E-state index is 13.7. The number of carbonyl (C=O) groups is 3. The van der Waals surface area contributed by atoms with Crippen LogP contribution in [0.15, 0.2) is 58.1 Å². The topological polar surface area (TPSA) is 133 Å². The van der Waals surface area contributed by atoms with Crippen molar-refractivity contribution >= 4 is 51.3 Å². The van der Waals surface area contributed by atoms with Gasteiger partial charge in [0.05, 0.1) is 41.6 Å². The van der Waals surface area contributed by atoms with Crippen LogP contribution in [0, 0.1) is 31.1 Å². The minimum Gasteiger partial charge on any atom is -0.480 e. The van der Waals surface area contributed by atoms with Gasteiger partial charge in [-0.25, -0.2) is 0 Å². The summed E-state index contributed by atoms with van der Waals surface area (Å²) >= 11 is 6.27. The van der Waals surface area contributed by atoms with Gasteiger partial charge >= 0.3 is 5.97 Å². The van der Waals surface area contributed by atoms with E-state index in [1.165, 1.54) is 12.3 Å². The fraction of sp³-hybridized carbons (Fsp3) is 0.241. The highest BCUT2D eigenvalue weighted by Crippen LogP contribution is 2.50. The van der Waals surface area contributed by atoms with E-state index in [1.54, 1.807) is 19.2 Å². The number of imide groups is 1. The van der Waals surface area contributed by atoms with Crippen LogP contribution >= 0.6 is 11.6 Å². The van der Waals surface area contributed by atoms with E-state index in [-0.39, 0.29) is 23.9 Å². The van der Waals surface area contributed by atoms with Gasteiger partial charge in [0, 0.05) is 28.5 Å². The van der Waals surface area contributed by atoms with E-state index in [9.17, 15) is 24.3 Å². The number of likely N-dealkylation sites (tertiary alicyclic amines) is 1. The molecule has 2 aromatic carbocycles. The fourth-order valence-electron chi connectivity index (χ4n) is 6.07. The molecule has 2 saturated heterocycles. The van der Waals surface area contributed by atoms with E-state index >= 15 is 0 Å². The summed E-state index contributed by atoms with van der Waals surface area (Å²) in [5.74, 6) is -2.84. The lowest BCUT2D eigenvalue weighted by Crippen LogP contribution is -2.57. The minimum absolute atomic E-state index is 0.0307. The lowest BCUT2D eigenvalue weighted by atomic mass is 9.76. The lowest BCUT2D eigenvalue weighted by Gasteiger charge is -2.30. The van der Waals surface area contributed by atoms with Crippen LogP contribution in [0.1, 0.15) is 22.7 Å². The van der Waals surface area contributed by atoms with Gasteiger partial charge in [0.1, 0.15) is 11.1 Å². The van der Waals surface area contributed by atoms with E-state index in [0.29, 0.717) is 21.7 Å². The average Bonchev–Trinajstić information content (AvgIpc) is 3.55. The van der Waals surface area contributed by atoms with Gasteiger partial charge in [0.15, 0.2) is 5.43 Å². The van der Waals surface area contributed by atoms with Gasteiger partial charge in [-0.3, -0.25) is 29.4 Å². The first-order chi connectivity index (χ1) is 18.7. The Hall–Kier alpha value is -4.39. The van der Waals surface area contributed by atoms with E-state index in [2.05, 4.69) is 16.2 Å². The number of halogens is 1. The van der Waals surface area contributed by atoms with Crippen LogP contribution in [0.4, 0.5) is 0 Å². The fourth-order valence-corrected chi connectivity index (χ4v) is 6.23. The maximum absolute atomic E-state index is 13.7. The molecule has 10 heteroatoms. The van der Waals surface area contributed by atoms with Crippen LogP contribution in [0.5, 0.6) is 0 Å². The van der Waals surface area contributed by atoms with Crippen molar-refractivity contribution in [2.24, 2.45) is 11.8 Å². The van der Waals surface area contributed by atoms with Gasteiger partial charge in [-0.05, 0) is 36.2 Å². The molecule has 0 bridgehead atoms. The quantitative estimate of drug-likeness (QED) is 0.260. The van der Waals surface area contributed by atoms with Crippen molar-refractivity contribution in [2.75, 3.05) is 6.54 Å². The van der Waals surface area contributed by atoms with E-state index < -0.39 is 46.6 Å². The molecule has 2 aliphatic heterocycles. The Morgan fingerprint density at radius 3 is 2.72 bits per heavy atom. The Labute approximate surface area is 226 Å². The molecule has 4 unspecified atom stereocenters. The number of carbonyl (C=O) groups excluding carboxylic acids is 2. The van der Waals surface area contributed by atoms with Crippen LogP contribution in [0.3, 0.4) is 0 Å². The number of rotatable bonds is 5. The largest absolute Gasteiger partial charge is 0.480 e. The lowest BCUT2D eigenvalue weighted by molar-refractivity contribution is -0.151. The Bertz CT molecular complexity index is 1820. The number of aryl methyl sites for hydroxylation is 1. The van der Waals surface area contributed by atoms with Gasteiger partial charge in [0.25, 0.3) is 0 Å². The third kappa shape index (κ3) is 3.52. The number of nitrogens with one attached hydrogen (secondary N) is 2. The number of amides is 2. The number of aromatic amines is 1. The number of carboxylic acid groups (broad SMARTS) is 1. The Balaban J connectivity index is 1.54. The molecule has 9 nitrogen and oxygen atoms in total. The summed E-state index contributed by atoms with van der Waals surface area (Å²) < 4.78 is 5.76. The molecule has 4 atom stereocenters. The SMILES string of the molecule is C#CCN1C(=O)C2C(c3coc4cc(C)c(Cl)cc4c3=O)NC(Cc3c[nH]c4ccccc34)(C(=O)O)C2C1=O. The minimum atomic E-state index is -1.91. The van der Waals surface area contributed by atoms with Crippen molar-refractivity contribution < 1.29 is 23.9 Å². The number of nitrogens with zero attached hydrogens (tertiary/aromatic N) is 1. The molecule has 196 valence electrons. The summed E-state index contributed by atoms with van der Waals surface area (Å²) in [7, 11) is 0. The highest BCUT2D eigenvalue weighted by Gasteiger charge is 2.68. The third-order valence-corrected chi connectivity index (χ3v) is 8.34.